The van der Waals surface area contributed by atoms with Crippen LogP contribution in [0.1, 0.15) is 22.7 Å². The zero-order valence-corrected chi connectivity index (χ0v) is 13.1. The molecule has 0 unspecified atom stereocenters. The standard InChI is InChI=1S/C15H15F3N2O2S/c1-10-9-23-14(20-10)8-19-13(21)7-6-11-4-2-3-5-12(11)22-15(16,17)18/h2-5,9H,6-8H2,1H3,(H,19,21). The number of hydrogen-bond donors (Lipinski definition) is 1. The summed E-state index contributed by atoms with van der Waals surface area (Å²) in [6.07, 6.45) is -4.52. The van der Waals surface area contributed by atoms with Gasteiger partial charge in [0, 0.05) is 17.5 Å². The van der Waals surface area contributed by atoms with Gasteiger partial charge in [0.05, 0.1) is 6.54 Å². The van der Waals surface area contributed by atoms with Crippen molar-refractivity contribution in [3.8, 4) is 5.75 Å². The number of carbonyl (C=O) groups excluding carboxylic acids is 1. The van der Waals surface area contributed by atoms with E-state index in [4.69, 9.17) is 0 Å². The van der Waals surface area contributed by atoms with Crippen LogP contribution in [0.3, 0.4) is 0 Å². The van der Waals surface area contributed by atoms with Crippen molar-refractivity contribution in [2.75, 3.05) is 0 Å². The molecule has 2 aromatic rings. The Hall–Kier alpha value is -2.09. The molecule has 2 rings (SSSR count). The molecule has 0 spiro atoms. The van der Waals surface area contributed by atoms with Crippen molar-refractivity contribution < 1.29 is 22.7 Å². The smallest absolute Gasteiger partial charge is 0.406 e. The van der Waals surface area contributed by atoms with Crippen molar-refractivity contribution in [1.29, 1.82) is 0 Å². The number of hydrogen-bond acceptors (Lipinski definition) is 4. The van der Waals surface area contributed by atoms with Gasteiger partial charge in [0.1, 0.15) is 10.8 Å². The van der Waals surface area contributed by atoms with Crippen molar-refractivity contribution >= 4 is 17.2 Å². The Balaban J connectivity index is 1.86. The van der Waals surface area contributed by atoms with Crippen LogP contribution in [0, 0.1) is 6.92 Å². The lowest BCUT2D eigenvalue weighted by Gasteiger charge is -2.13. The molecule has 1 amide bonds. The number of alkyl halides is 3. The van der Waals surface area contributed by atoms with Gasteiger partial charge in [-0.3, -0.25) is 4.79 Å². The molecule has 23 heavy (non-hydrogen) atoms. The molecule has 0 saturated carbocycles. The molecule has 124 valence electrons. The number of amides is 1. The lowest BCUT2D eigenvalue weighted by Crippen LogP contribution is -2.23. The molecule has 1 N–H and O–H groups in total. The van der Waals surface area contributed by atoms with Crippen LogP contribution in [0.2, 0.25) is 0 Å². The van der Waals surface area contributed by atoms with Crippen LogP contribution >= 0.6 is 11.3 Å². The highest BCUT2D eigenvalue weighted by atomic mass is 32.1. The van der Waals surface area contributed by atoms with Crippen LogP contribution in [0.5, 0.6) is 5.75 Å². The molecule has 4 nitrogen and oxygen atoms in total. The zero-order valence-electron chi connectivity index (χ0n) is 12.3. The first-order valence-corrected chi connectivity index (χ1v) is 7.73. The minimum absolute atomic E-state index is 0.0720. The SMILES string of the molecule is Cc1csc(CNC(=O)CCc2ccccc2OC(F)(F)F)n1. The van der Waals surface area contributed by atoms with Gasteiger partial charge in [0.2, 0.25) is 5.91 Å². The Bertz CT molecular complexity index is 671. The van der Waals surface area contributed by atoms with E-state index in [1.807, 2.05) is 12.3 Å². The van der Waals surface area contributed by atoms with Crippen molar-refractivity contribution in [2.45, 2.75) is 32.7 Å². The average molecular weight is 344 g/mol. The van der Waals surface area contributed by atoms with Crippen molar-refractivity contribution in [3.05, 3.63) is 45.9 Å². The average Bonchev–Trinajstić information content (AvgIpc) is 2.88. The Morgan fingerprint density at radius 1 is 1.35 bits per heavy atom. The molecule has 0 aliphatic heterocycles. The molecule has 0 aliphatic rings. The van der Waals surface area contributed by atoms with Crippen LogP contribution in [-0.2, 0) is 17.8 Å². The van der Waals surface area contributed by atoms with Crippen LogP contribution in [0.25, 0.3) is 0 Å². The number of ether oxygens (including phenoxy) is 1. The van der Waals surface area contributed by atoms with Gasteiger partial charge < -0.3 is 10.1 Å². The monoisotopic (exact) mass is 344 g/mol. The highest BCUT2D eigenvalue weighted by Crippen LogP contribution is 2.26. The lowest BCUT2D eigenvalue weighted by atomic mass is 10.1. The van der Waals surface area contributed by atoms with E-state index in [-0.39, 0.29) is 24.5 Å². The Labute approximate surface area is 135 Å². The summed E-state index contributed by atoms with van der Waals surface area (Å²) in [6.45, 7) is 2.18. The van der Waals surface area contributed by atoms with E-state index in [1.54, 1.807) is 6.07 Å². The molecule has 0 radical (unpaired) electrons. The van der Waals surface area contributed by atoms with Gasteiger partial charge in [-0.1, -0.05) is 18.2 Å². The summed E-state index contributed by atoms with van der Waals surface area (Å²) in [7, 11) is 0. The lowest BCUT2D eigenvalue weighted by molar-refractivity contribution is -0.274. The number of thiazole rings is 1. The zero-order chi connectivity index (χ0) is 16.9. The predicted molar refractivity (Wildman–Crippen MR) is 80.1 cm³/mol. The van der Waals surface area contributed by atoms with Gasteiger partial charge in [-0.05, 0) is 25.0 Å². The number of nitrogens with one attached hydrogen (secondary N) is 1. The van der Waals surface area contributed by atoms with Crippen molar-refractivity contribution in [1.82, 2.24) is 10.3 Å². The Morgan fingerprint density at radius 2 is 2.09 bits per heavy atom. The Kier molecular flexibility index (Phi) is 5.59. The van der Waals surface area contributed by atoms with Gasteiger partial charge in [-0.25, -0.2) is 4.98 Å². The van der Waals surface area contributed by atoms with Crippen LogP contribution in [-0.4, -0.2) is 17.3 Å². The molecule has 0 bridgehead atoms. The van der Waals surface area contributed by atoms with Crippen molar-refractivity contribution in [2.24, 2.45) is 0 Å². The third-order valence-electron chi connectivity index (χ3n) is 2.92. The first-order chi connectivity index (χ1) is 10.8. The van der Waals surface area contributed by atoms with E-state index in [0.29, 0.717) is 12.1 Å². The minimum atomic E-state index is -4.75. The summed E-state index contributed by atoms with van der Waals surface area (Å²) in [5.74, 6) is -0.525. The summed E-state index contributed by atoms with van der Waals surface area (Å²) >= 11 is 1.44. The van der Waals surface area contributed by atoms with Gasteiger partial charge in [-0.2, -0.15) is 0 Å². The largest absolute Gasteiger partial charge is 0.573 e. The van der Waals surface area contributed by atoms with Gasteiger partial charge in [0.25, 0.3) is 0 Å². The van der Waals surface area contributed by atoms with E-state index >= 15 is 0 Å². The third kappa shape index (κ3) is 5.90. The summed E-state index contributed by atoms with van der Waals surface area (Å²) < 4.78 is 40.9. The molecule has 0 saturated heterocycles. The predicted octanol–water partition coefficient (Wildman–Crippen LogP) is 3.60. The van der Waals surface area contributed by atoms with Crippen LogP contribution < -0.4 is 10.1 Å². The number of benzene rings is 1. The molecule has 0 atom stereocenters. The molecular formula is C15H15F3N2O2S. The van der Waals surface area contributed by atoms with Crippen LogP contribution in [0.15, 0.2) is 29.6 Å². The topological polar surface area (TPSA) is 51.2 Å². The molecule has 0 fully saturated rings. The number of carbonyl (C=O) groups is 1. The number of halogens is 3. The van der Waals surface area contributed by atoms with Crippen LogP contribution in [0.4, 0.5) is 13.2 Å². The van der Waals surface area contributed by atoms with Gasteiger partial charge >= 0.3 is 6.36 Å². The summed E-state index contributed by atoms with van der Waals surface area (Å²) in [6, 6.07) is 5.81. The second-order valence-electron chi connectivity index (χ2n) is 4.81. The highest BCUT2D eigenvalue weighted by Gasteiger charge is 2.31. The second kappa shape index (κ2) is 7.45. The fourth-order valence-corrected chi connectivity index (χ4v) is 2.64. The first kappa shape index (κ1) is 17.3. The number of rotatable bonds is 6. The maximum absolute atomic E-state index is 12.3. The van der Waals surface area contributed by atoms with Gasteiger partial charge in [-0.15, -0.1) is 24.5 Å². The van der Waals surface area contributed by atoms with E-state index < -0.39 is 6.36 Å². The number of aromatic nitrogens is 1. The first-order valence-electron chi connectivity index (χ1n) is 6.85. The molecule has 1 aromatic carbocycles. The molecular weight excluding hydrogens is 329 g/mol. The van der Waals surface area contributed by atoms with E-state index in [1.165, 1.54) is 29.5 Å². The van der Waals surface area contributed by atoms with E-state index in [2.05, 4.69) is 15.0 Å². The second-order valence-corrected chi connectivity index (χ2v) is 5.76. The van der Waals surface area contributed by atoms with Crippen molar-refractivity contribution in [3.63, 3.8) is 0 Å². The highest BCUT2D eigenvalue weighted by molar-refractivity contribution is 7.09. The number of nitrogens with zero attached hydrogens (tertiary/aromatic N) is 1. The summed E-state index contributed by atoms with van der Waals surface area (Å²) in [4.78, 5) is 16.0. The molecule has 0 aliphatic carbocycles. The maximum atomic E-state index is 12.3. The molecule has 1 heterocycles. The fourth-order valence-electron chi connectivity index (χ4n) is 1.93. The summed E-state index contributed by atoms with van der Waals surface area (Å²) in [5, 5.41) is 5.37. The van der Waals surface area contributed by atoms with E-state index in [0.717, 1.165) is 10.7 Å². The summed E-state index contributed by atoms with van der Waals surface area (Å²) in [5.41, 5.74) is 1.22. The minimum Gasteiger partial charge on any atom is -0.406 e. The molecule has 8 heteroatoms. The number of para-hydroxylation sites is 1. The fraction of sp³-hybridized carbons (Fsp3) is 0.333. The molecule has 1 aromatic heterocycles. The van der Waals surface area contributed by atoms with Gasteiger partial charge in [0.15, 0.2) is 0 Å². The maximum Gasteiger partial charge on any atom is 0.573 e. The number of aryl methyl sites for hydroxylation is 2. The quantitative estimate of drug-likeness (QED) is 0.871. The Morgan fingerprint density at radius 3 is 2.74 bits per heavy atom. The third-order valence-corrected chi connectivity index (χ3v) is 3.89. The van der Waals surface area contributed by atoms with E-state index in [9.17, 15) is 18.0 Å². The normalized spacial score (nSPS) is 11.3.